The van der Waals surface area contributed by atoms with E-state index in [2.05, 4.69) is 24.1 Å². The number of nitrogens with zero attached hydrogens (tertiary/aromatic N) is 1. The smallest absolute Gasteiger partial charge is 0.133 e. The Kier molecular flexibility index (Phi) is 2.19. The van der Waals surface area contributed by atoms with Gasteiger partial charge in [0, 0.05) is 12.6 Å². The summed E-state index contributed by atoms with van der Waals surface area (Å²) in [7, 11) is 0. The number of hydrogen-bond donors (Lipinski definition) is 2. The van der Waals surface area contributed by atoms with Crippen molar-refractivity contribution >= 4 is 0 Å². The van der Waals surface area contributed by atoms with Crippen LogP contribution in [0.3, 0.4) is 0 Å². The molecule has 2 rings (SSSR count). The molecular weight excluding hydrogens is 176 g/mol. The third kappa shape index (κ3) is 2.04. The van der Waals surface area contributed by atoms with Crippen molar-refractivity contribution in [1.82, 2.24) is 10.3 Å². The van der Waals surface area contributed by atoms with Crippen molar-refractivity contribution in [3.8, 4) is 5.75 Å². The number of nitrogens with one attached hydrogen (secondary N) is 1. The molecule has 1 saturated carbocycles. The summed E-state index contributed by atoms with van der Waals surface area (Å²) in [5.41, 5.74) is 1.43. The summed E-state index contributed by atoms with van der Waals surface area (Å²) >= 11 is 0. The van der Waals surface area contributed by atoms with E-state index in [1.165, 1.54) is 12.6 Å². The average Bonchev–Trinajstić information content (AvgIpc) is 2.73. The van der Waals surface area contributed by atoms with E-state index in [0.29, 0.717) is 11.5 Å². The number of aromatic hydroxyl groups is 1. The molecule has 1 heterocycles. The summed E-state index contributed by atoms with van der Waals surface area (Å²) in [5.74, 6) is 0.223. The molecule has 2 N–H and O–H groups in total. The van der Waals surface area contributed by atoms with Gasteiger partial charge < -0.3 is 10.4 Å². The second kappa shape index (κ2) is 3.24. The summed E-state index contributed by atoms with van der Waals surface area (Å²) in [6, 6.07) is 4.14. The minimum absolute atomic E-state index is 0.223. The minimum Gasteiger partial charge on any atom is -0.506 e. The molecule has 0 radical (unpaired) electrons. The SMILES string of the molecule is CC1(C)CC1NCc1ccc(O)cn1. The fourth-order valence-corrected chi connectivity index (χ4v) is 1.56. The third-order valence-corrected chi connectivity index (χ3v) is 2.85. The molecule has 14 heavy (non-hydrogen) atoms. The average molecular weight is 192 g/mol. The van der Waals surface area contributed by atoms with Gasteiger partial charge in [0.15, 0.2) is 0 Å². The lowest BCUT2D eigenvalue weighted by atomic mass is 10.2. The van der Waals surface area contributed by atoms with E-state index in [1.54, 1.807) is 6.07 Å². The highest BCUT2D eigenvalue weighted by Gasteiger charge is 2.44. The largest absolute Gasteiger partial charge is 0.506 e. The van der Waals surface area contributed by atoms with E-state index >= 15 is 0 Å². The topological polar surface area (TPSA) is 45.1 Å². The molecule has 1 unspecified atom stereocenters. The predicted molar refractivity (Wildman–Crippen MR) is 54.9 cm³/mol. The van der Waals surface area contributed by atoms with Crippen molar-refractivity contribution in [3.05, 3.63) is 24.0 Å². The highest BCUT2D eigenvalue weighted by atomic mass is 16.3. The maximum atomic E-state index is 9.05. The fraction of sp³-hybridized carbons (Fsp3) is 0.545. The van der Waals surface area contributed by atoms with Gasteiger partial charge in [-0.05, 0) is 24.0 Å². The summed E-state index contributed by atoms with van der Waals surface area (Å²) in [5, 5.41) is 12.5. The van der Waals surface area contributed by atoms with Gasteiger partial charge in [-0.1, -0.05) is 13.8 Å². The van der Waals surface area contributed by atoms with Crippen molar-refractivity contribution in [3.63, 3.8) is 0 Å². The lowest BCUT2D eigenvalue weighted by Gasteiger charge is -2.05. The normalized spacial score (nSPS) is 23.4. The van der Waals surface area contributed by atoms with Crippen LogP contribution in [0, 0.1) is 5.41 Å². The molecule has 0 bridgehead atoms. The summed E-state index contributed by atoms with van der Waals surface area (Å²) in [4.78, 5) is 4.11. The maximum absolute atomic E-state index is 9.05. The van der Waals surface area contributed by atoms with Crippen molar-refractivity contribution in [2.75, 3.05) is 0 Å². The Hall–Kier alpha value is -1.09. The number of hydrogen-bond acceptors (Lipinski definition) is 3. The maximum Gasteiger partial charge on any atom is 0.133 e. The number of aromatic nitrogens is 1. The van der Waals surface area contributed by atoms with Crippen LogP contribution in [-0.2, 0) is 6.54 Å². The molecule has 0 amide bonds. The van der Waals surface area contributed by atoms with Crippen molar-refractivity contribution in [2.24, 2.45) is 5.41 Å². The Morgan fingerprint density at radius 1 is 1.57 bits per heavy atom. The Balaban J connectivity index is 1.84. The third-order valence-electron chi connectivity index (χ3n) is 2.85. The molecule has 0 aliphatic heterocycles. The fourth-order valence-electron chi connectivity index (χ4n) is 1.56. The molecule has 0 aromatic carbocycles. The predicted octanol–water partition coefficient (Wildman–Crippen LogP) is 1.68. The van der Waals surface area contributed by atoms with E-state index < -0.39 is 0 Å². The number of rotatable bonds is 3. The molecule has 1 atom stereocenters. The van der Waals surface area contributed by atoms with Gasteiger partial charge in [-0.2, -0.15) is 0 Å². The second-order valence-corrected chi connectivity index (χ2v) is 4.63. The standard InChI is InChI=1S/C11H16N2O/c1-11(2)5-10(11)13-6-8-3-4-9(14)7-12-8/h3-4,7,10,13-14H,5-6H2,1-2H3. The van der Waals surface area contributed by atoms with Crippen LogP contribution in [0.2, 0.25) is 0 Å². The van der Waals surface area contributed by atoms with Crippen molar-refractivity contribution in [1.29, 1.82) is 0 Å². The van der Waals surface area contributed by atoms with E-state index in [9.17, 15) is 0 Å². The zero-order chi connectivity index (χ0) is 10.2. The number of pyridine rings is 1. The van der Waals surface area contributed by atoms with Gasteiger partial charge >= 0.3 is 0 Å². The van der Waals surface area contributed by atoms with Crippen LogP contribution < -0.4 is 5.32 Å². The highest BCUT2D eigenvalue weighted by Crippen LogP contribution is 2.44. The van der Waals surface area contributed by atoms with Crippen LogP contribution in [0.1, 0.15) is 26.0 Å². The van der Waals surface area contributed by atoms with Gasteiger partial charge in [0.1, 0.15) is 5.75 Å². The van der Waals surface area contributed by atoms with Gasteiger partial charge in [-0.3, -0.25) is 4.98 Å². The van der Waals surface area contributed by atoms with Crippen LogP contribution in [0.25, 0.3) is 0 Å². The summed E-state index contributed by atoms with van der Waals surface area (Å²) in [6.07, 6.45) is 2.72. The highest BCUT2D eigenvalue weighted by molar-refractivity contribution is 5.18. The Morgan fingerprint density at radius 3 is 2.79 bits per heavy atom. The Morgan fingerprint density at radius 2 is 2.29 bits per heavy atom. The van der Waals surface area contributed by atoms with E-state index in [-0.39, 0.29) is 5.75 Å². The Bertz CT molecular complexity index is 319. The molecule has 3 nitrogen and oxygen atoms in total. The first-order valence-corrected chi connectivity index (χ1v) is 4.95. The van der Waals surface area contributed by atoms with Crippen molar-refractivity contribution in [2.45, 2.75) is 32.9 Å². The van der Waals surface area contributed by atoms with Gasteiger partial charge in [0.2, 0.25) is 0 Å². The molecule has 3 heteroatoms. The van der Waals surface area contributed by atoms with Gasteiger partial charge in [-0.25, -0.2) is 0 Å². The lowest BCUT2D eigenvalue weighted by molar-refractivity contribution is 0.471. The van der Waals surface area contributed by atoms with E-state index in [1.807, 2.05) is 6.07 Å². The van der Waals surface area contributed by atoms with Crippen molar-refractivity contribution < 1.29 is 5.11 Å². The van der Waals surface area contributed by atoms with Crippen LogP contribution in [0.4, 0.5) is 0 Å². The molecule has 76 valence electrons. The second-order valence-electron chi connectivity index (χ2n) is 4.63. The quantitative estimate of drug-likeness (QED) is 0.765. The molecule has 1 aromatic heterocycles. The molecular formula is C11H16N2O. The van der Waals surface area contributed by atoms with Gasteiger partial charge in [0.25, 0.3) is 0 Å². The van der Waals surface area contributed by atoms with E-state index in [4.69, 9.17) is 5.11 Å². The molecule has 1 aliphatic rings. The zero-order valence-electron chi connectivity index (χ0n) is 8.62. The Labute approximate surface area is 84.2 Å². The molecule has 1 aromatic rings. The minimum atomic E-state index is 0.223. The van der Waals surface area contributed by atoms with Crippen LogP contribution in [0.5, 0.6) is 5.75 Å². The van der Waals surface area contributed by atoms with Gasteiger partial charge in [-0.15, -0.1) is 0 Å². The first-order chi connectivity index (χ1) is 6.58. The molecule has 1 aliphatic carbocycles. The van der Waals surface area contributed by atoms with Crippen LogP contribution in [0.15, 0.2) is 18.3 Å². The summed E-state index contributed by atoms with van der Waals surface area (Å²) in [6.45, 7) is 5.30. The molecule has 0 spiro atoms. The van der Waals surface area contributed by atoms with Gasteiger partial charge in [0.05, 0.1) is 11.9 Å². The molecule has 0 saturated heterocycles. The van der Waals surface area contributed by atoms with Crippen LogP contribution >= 0.6 is 0 Å². The first kappa shape index (κ1) is 9.46. The first-order valence-electron chi connectivity index (χ1n) is 4.95. The monoisotopic (exact) mass is 192 g/mol. The van der Waals surface area contributed by atoms with Crippen LogP contribution in [-0.4, -0.2) is 16.1 Å². The summed E-state index contributed by atoms with van der Waals surface area (Å²) < 4.78 is 0. The molecule has 1 fully saturated rings. The zero-order valence-corrected chi connectivity index (χ0v) is 8.62. The van der Waals surface area contributed by atoms with E-state index in [0.717, 1.165) is 12.2 Å². The lowest BCUT2D eigenvalue weighted by Crippen LogP contribution is -2.20.